The van der Waals surface area contributed by atoms with Crippen molar-refractivity contribution >= 4 is 33.6 Å². The second kappa shape index (κ2) is 7.31. The summed E-state index contributed by atoms with van der Waals surface area (Å²) in [5, 5.41) is 3.01. The van der Waals surface area contributed by atoms with E-state index >= 15 is 0 Å². The van der Waals surface area contributed by atoms with Gasteiger partial charge < -0.3 is 5.32 Å². The number of nitrogens with zero attached hydrogens (tertiary/aromatic N) is 1. The average molecular weight is 343 g/mol. The van der Waals surface area contributed by atoms with Gasteiger partial charge in [-0.1, -0.05) is 22.0 Å². The number of hydrogen-bond acceptors (Lipinski definition) is 3. The molecule has 1 heterocycles. The van der Waals surface area contributed by atoms with Gasteiger partial charge in [-0.15, -0.1) is 0 Å². The Bertz CT molecular complexity index is 447. The van der Waals surface area contributed by atoms with Gasteiger partial charge in [-0.3, -0.25) is 9.69 Å². The zero-order valence-electron chi connectivity index (χ0n) is 11.1. The molecule has 2 rings (SSSR count). The summed E-state index contributed by atoms with van der Waals surface area (Å²) >= 11 is 5.46. The summed E-state index contributed by atoms with van der Waals surface area (Å²) in [5.41, 5.74) is 1.75. The zero-order chi connectivity index (χ0) is 13.7. The smallest absolute Gasteiger partial charge is 0.251 e. The summed E-state index contributed by atoms with van der Waals surface area (Å²) in [6.45, 7) is 5.89. The molecule has 0 aromatic heterocycles. The summed E-state index contributed by atoms with van der Waals surface area (Å²) in [5.74, 6) is 2.43. The van der Waals surface area contributed by atoms with E-state index in [1.165, 1.54) is 11.5 Å². The Kier molecular flexibility index (Phi) is 5.73. The summed E-state index contributed by atoms with van der Waals surface area (Å²) in [6, 6.07) is 5.72. The Morgan fingerprint density at radius 1 is 1.42 bits per heavy atom. The van der Waals surface area contributed by atoms with Crippen molar-refractivity contribution in [3.8, 4) is 0 Å². The molecule has 0 unspecified atom stereocenters. The number of carbonyl (C=O) groups excluding carboxylic acids is 1. The number of thioether (sulfide) groups is 1. The number of carbonyl (C=O) groups is 1. The van der Waals surface area contributed by atoms with Crippen LogP contribution in [-0.2, 0) is 0 Å². The van der Waals surface area contributed by atoms with E-state index in [2.05, 4.69) is 26.1 Å². The second-order valence-corrected chi connectivity index (χ2v) is 6.70. The Labute approximate surface area is 127 Å². The molecule has 0 spiro atoms. The molecule has 0 bridgehead atoms. The molecule has 1 N–H and O–H groups in total. The number of hydrogen-bond donors (Lipinski definition) is 1. The lowest BCUT2D eigenvalue weighted by Gasteiger charge is -2.26. The predicted molar refractivity (Wildman–Crippen MR) is 85.0 cm³/mol. The summed E-state index contributed by atoms with van der Waals surface area (Å²) in [6.07, 6.45) is 0. The van der Waals surface area contributed by atoms with E-state index in [1.807, 2.05) is 36.9 Å². The maximum atomic E-state index is 12.1. The lowest BCUT2D eigenvalue weighted by atomic mass is 10.1. The highest BCUT2D eigenvalue weighted by Crippen LogP contribution is 2.19. The molecule has 1 amide bonds. The maximum Gasteiger partial charge on any atom is 0.251 e. The molecular formula is C14H19BrN2OS. The van der Waals surface area contributed by atoms with Crippen molar-refractivity contribution < 1.29 is 4.79 Å². The van der Waals surface area contributed by atoms with Crippen LogP contribution in [0.2, 0.25) is 0 Å². The number of amides is 1. The first-order valence-corrected chi connectivity index (χ1v) is 8.46. The highest BCUT2D eigenvalue weighted by Gasteiger charge is 2.12. The van der Waals surface area contributed by atoms with Crippen molar-refractivity contribution in [2.24, 2.45) is 0 Å². The fourth-order valence-electron chi connectivity index (χ4n) is 2.10. The van der Waals surface area contributed by atoms with Gasteiger partial charge in [0.1, 0.15) is 0 Å². The van der Waals surface area contributed by atoms with Crippen LogP contribution in [0.25, 0.3) is 0 Å². The van der Waals surface area contributed by atoms with Crippen molar-refractivity contribution in [3.05, 3.63) is 33.8 Å². The minimum absolute atomic E-state index is 0.0187. The first kappa shape index (κ1) is 14.9. The summed E-state index contributed by atoms with van der Waals surface area (Å²) in [4.78, 5) is 14.5. The highest BCUT2D eigenvalue weighted by molar-refractivity contribution is 9.10. The van der Waals surface area contributed by atoms with Crippen LogP contribution in [0.5, 0.6) is 0 Å². The van der Waals surface area contributed by atoms with Crippen LogP contribution in [0, 0.1) is 6.92 Å². The molecule has 1 aliphatic rings. The van der Waals surface area contributed by atoms with E-state index in [0.29, 0.717) is 0 Å². The van der Waals surface area contributed by atoms with E-state index < -0.39 is 0 Å². The molecule has 1 fully saturated rings. The van der Waals surface area contributed by atoms with Crippen LogP contribution in [-0.4, -0.2) is 48.5 Å². The first-order chi connectivity index (χ1) is 9.18. The van der Waals surface area contributed by atoms with Crippen LogP contribution < -0.4 is 5.32 Å². The lowest BCUT2D eigenvalue weighted by molar-refractivity contribution is 0.0948. The topological polar surface area (TPSA) is 32.3 Å². The zero-order valence-corrected chi connectivity index (χ0v) is 13.5. The third-order valence-electron chi connectivity index (χ3n) is 3.33. The normalized spacial score (nSPS) is 16.3. The van der Waals surface area contributed by atoms with E-state index in [-0.39, 0.29) is 5.91 Å². The van der Waals surface area contributed by atoms with Gasteiger partial charge in [0.05, 0.1) is 0 Å². The van der Waals surface area contributed by atoms with Crippen molar-refractivity contribution in [3.63, 3.8) is 0 Å². The first-order valence-electron chi connectivity index (χ1n) is 6.52. The Hall–Kier alpha value is -0.520. The average Bonchev–Trinajstić information content (AvgIpc) is 2.43. The Morgan fingerprint density at radius 3 is 2.89 bits per heavy atom. The molecule has 0 aliphatic carbocycles. The minimum atomic E-state index is 0.0187. The maximum absolute atomic E-state index is 12.1. The molecule has 3 nitrogen and oxygen atoms in total. The summed E-state index contributed by atoms with van der Waals surface area (Å²) < 4.78 is 0.980. The molecule has 0 saturated carbocycles. The van der Waals surface area contributed by atoms with Crippen LogP contribution in [0.15, 0.2) is 22.7 Å². The van der Waals surface area contributed by atoms with Gasteiger partial charge in [-0.25, -0.2) is 0 Å². The molecular weight excluding hydrogens is 324 g/mol. The Morgan fingerprint density at radius 2 is 2.16 bits per heavy atom. The van der Waals surface area contributed by atoms with Crippen molar-refractivity contribution in [2.75, 3.05) is 37.7 Å². The van der Waals surface area contributed by atoms with Crippen molar-refractivity contribution in [1.29, 1.82) is 0 Å². The van der Waals surface area contributed by atoms with Gasteiger partial charge in [0.25, 0.3) is 5.91 Å². The molecule has 1 aromatic rings. The third kappa shape index (κ3) is 4.23. The molecule has 1 aliphatic heterocycles. The van der Waals surface area contributed by atoms with Gasteiger partial charge in [-0.2, -0.15) is 11.8 Å². The Balaban J connectivity index is 1.82. The molecule has 5 heteroatoms. The van der Waals surface area contributed by atoms with Crippen LogP contribution in [0.3, 0.4) is 0 Å². The van der Waals surface area contributed by atoms with Gasteiger partial charge in [-0.05, 0) is 24.6 Å². The number of halogens is 1. The monoisotopic (exact) mass is 342 g/mol. The third-order valence-corrected chi connectivity index (χ3v) is 5.13. The second-order valence-electron chi connectivity index (χ2n) is 4.62. The van der Waals surface area contributed by atoms with Crippen LogP contribution in [0.1, 0.15) is 15.9 Å². The van der Waals surface area contributed by atoms with E-state index in [4.69, 9.17) is 0 Å². The van der Waals surface area contributed by atoms with Gasteiger partial charge in [0, 0.05) is 47.7 Å². The standard InChI is InChI=1S/C14H19BrN2OS/c1-11-12(3-2-4-13(11)15)14(18)16-5-6-17-7-9-19-10-8-17/h2-4H,5-10H2,1H3,(H,16,18). The largest absolute Gasteiger partial charge is 0.351 e. The molecule has 1 saturated heterocycles. The quantitative estimate of drug-likeness (QED) is 0.912. The fraction of sp³-hybridized carbons (Fsp3) is 0.500. The van der Waals surface area contributed by atoms with Crippen LogP contribution in [0.4, 0.5) is 0 Å². The van der Waals surface area contributed by atoms with Crippen LogP contribution >= 0.6 is 27.7 Å². The SMILES string of the molecule is Cc1c(Br)cccc1C(=O)NCCN1CCSCC1. The minimum Gasteiger partial charge on any atom is -0.351 e. The number of nitrogens with one attached hydrogen (secondary N) is 1. The van der Waals surface area contributed by atoms with E-state index in [9.17, 15) is 4.79 Å². The number of benzene rings is 1. The lowest BCUT2D eigenvalue weighted by Crippen LogP contribution is -2.39. The molecule has 104 valence electrons. The van der Waals surface area contributed by atoms with Gasteiger partial charge in [0.2, 0.25) is 0 Å². The number of rotatable bonds is 4. The predicted octanol–water partition coefficient (Wildman–Crippen LogP) is 2.54. The van der Waals surface area contributed by atoms with Gasteiger partial charge in [0.15, 0.2) is 0 Å². The molecule has 19 heavy (non-hydrogen) atoms. The highest BCUT2D eigenvalue weighted by atomic mass is 79.9. The molecule has 1 aromatic carbocycles. The molecule has 0 radical (unpaired) electrons. The summed E-state index contributed by atoms with van der Waals surface area (Å²) in [7, 11) is 0. The van der Waals surface area contributed by atoms with E-state index in [1.54, 1.807) is 0 Å². The van der Waals surface area contributed by atoms with Crippen molar-refractivity contribution in [1.82, 2.24) is 10.2 Å². The fourth-order valence-corrected chi connectivity index (χ4v) is 3.45. The van der Waals surface area contributed by atoms with E-state index in [0.717, 1.165) is 41.8 Å². The molecule has 0 atom stereocenters. The van der Waals surface area contributed by atoms with Gasteiger partial charge >= 0.3 is 0 Å². The van der Waals surface area contributed by atoms with Crippen molar-refractivity contribution in [2.45, 2.75) is 6.92 Å².